The predicted octanol–water partition coefficient (Wildman–Crippen LogP) is 1.87. The van der Waals surface area contributed by atoms with Gasteiger partial charge in [0.15, 0.2) is 11.7 Å². The molecule has 4 N–H and O–H groups in total. The first-order valence-corrected chi connectivity index (χ1v) is 7.90. The maximum absolute atomic E-state index is 11.0. The van der Waals surface area contributed by atoms with Crippen molar-refractivity contribution in [1.82, 2.24) is 10.6 Å². The molecule has 1 aliphatic carbocycles. The van der Waals surface area contributed by atoms with Crippen LogP contribution in [-0.2, 0) is 11.3 Å². The number of rotatable bonds is 8. The summed E-state index contributed by atoms with van der Waals surface area (Å²) in [5, 5.41) is 6.55. The second kappa shape index (κ2) is 9.87. The first-order chi connectivity index (χ1) is 11.1. The van der Waals surface area contributed by atoms with Crippen molar-refractivity contribution in [2.24, 2.45) is 16.1 Å². The molecule has 0 aromatic carbocycles. The van der Waals surface area contributed by atoms with Crippen molar-refractivity contribution in [3.05, 3.63) is 23.7 Å². The van der Waals surface area contributed by atoms with E-state index >= 15 is 0 Å². The van der Waals surface area contributed by atoms with Crippen molar-refractivity contribution in [1.29, 1.82) is 0 Å². The van der Waals surface area contributed by atoms with E-state index in [0.717, 1.165) is 19.6 Å². The quantitative estimate of drug-likeness (QED) is 0.319. The number of halogens is 1. The van der Waals surface area contributed by atoms with Crippen LogP contribution in [0.1, 0.15) is 42.0 Å². The molecule has 1 saturated carbocycles. The SMILES string of the molecule is CN=C(NCc1ccc(C(N)=O)o1)NCC1(CCOC)CCC1.I. The average molecular weight is 450 g/mol. The van der Waals surface area contributed by atoms with Gasteiger partial charge in [-0.25, -0.2) is 0 Å². The van der Waals surface area contributed by atoms with Gasteiger partial charge in [0.05, 0.1) is 6.54 Å². The zero-order valence-electron chi connectivity index (χ0n) is 14.3. The van der Waals surface area contributed by atoms with Gasteiger partial charge in [0, 0.05) is 27.3 Å². The third kappa shape index (κ3) is 5.66. The van der Waals surface area contributed by atoms with Gasteiger partial charge < -0.3 is 25.5 Å². The molecule has 1 aromatic rings. The summed E-state index contributed by atoms with van der Waals surface area (Å²) in [4.78, 5) is 15.2. The Balaban J connectivity index is 0.00000288. The summed E-state index contributed by atoms with van der Waals surface area (Å²) in [5.74, 6) is 0.951. The maximum Gasteiger partial charge on any atom is 0.284 e. The second-order valence-electron chi connectivity index (χ2n) is 6.01. The summed E-state index contributed by atoms with van der Waals surface area (Å²) < 4.78 is 10.5. The van der Waals surface area contributed by atoms with Gasteiger partial charge in [0.25, 0.3) is 5.91 Å². The van der Waals surface area contributed by atoms with Crippen molar-refractivity contribution in [2.75, 3.05) is 27.3 Å². The maximum atomic E-state index is 11.0. The zero-order valence-corrected chi connectivity index (χ0v) is 16.6. The number of hydrogen-bond acceptors (Lipinski definition) is 4. The molecule has 0 radical (unpaired) electrons. The van der Waals surface area contributed by atoms with E-state index < -0.39 is 5.91 Å². The summed E-state index contributed by atoms with van der Waals surface area (Å²) in [5.41, 5.74) is 5.48. The van der Waals surface area contributed by atoms with Crippen LogP contribution >= 0.6 is 24.0 Å². The summed E-state index contributed by atoms with van der Waals surface area (Å²) >= 11 is 0. The van der Waals surface area contributed by atoms with E-state index in [4.69, 9.17) is 14.9 Å². The molecule has 136 valence electrons. The number of furan rings is 1. The van der Waals surface area contributed by atoms with Crippen LogP contribution in [0, 0.1) is 5.41 Å². The standard InChI is InChI=1S/C16H26N4O3.HI/c1-18-15(19-10-12-4-5-13(23-12)14(17)21)20-11-16(6-3-7-16)8-9-22-2;/h4-5H,3,6-11H2,1-2H3,(H2,17,21)(H2,18,19,20);1H. The normalized spacial score (nSPS) is 16.0. The number of aliphatic imine (C=N–C) groups is 1. The first-order valence-electron chi connectivity index (χ1n) is 7.90. The monoisotopic (exact) mass is 450 g/mol. The highest BCUT2D eigenvalue weighted by atomic mass is 127. The predicted molar refractivity (Wildman–Crippen MR) is 104 cm³/mol. The van der Waals surface area contributed by atoms with Gasteiger partial charge in [0.2, 0.25) is 0 Å². The van der Waals surface area contributed by atoms with Crippen LogP contribution in [0.2, 0.25) is 0 Å². The molecule has 8 heteroatoms. The van der Waals surface area contributed by atoms with Crippen LogP contribution in [-0.4, -0.2) is 39.2 Å². The molecule has 0 aliphatic heterocycles. The number of primary amides is 1. The molecule has 1 amide bonds. The zero-order chi connectivity index (χ0) is 16.7. The fourth-order valence-corrected chi connectivity index (χ4v) is 2.78. The molecule has 7 nitrogen and oxygen atoms in total. The number of hydrogen-bond donors (Lipinski definition) is 3. The van der Waals surface area contributed by atoms with E-state index in [1.807, 2.05) is 0 Å². The van der Waals surface area contributed by atoms with Gasteiger partial charge in [-0.15, -0.1) is 24.0 Å². The molecule has 0 spiro atoms. The molecule has 2 rings (SSSR count). The fourth-order valence-electron chi connectivity index (χ4n) is 2.78. The highest BCUT2D eigenvalue weighted by Crippen LogP contribution is 2.43. The summed E-state index contributed by atoms with van der Waals surface area (Å²) in [6.07, 6.45) is 4.79. The molecule has 0 bridgehead atoms. The van der Waals surface area contributed by atoms with Gasteiger partial charge >= 0.3 is 0 Å². The van der Waals surface area contributed by atoms with Crippen LogP contribution in [0.4, 0.5) is 0 Å². The second-order valence-corrected chi connectivity index (χ2v) is 6.01. The highest BCUT2D eigenvalue weighted by molar-refractivity contribution is 14.0. The largest absolute Gasteiger partial charge is 0.454 e. The van der Waals surface area contributed by atoms with Gasteiger partial charge in [0.1, 0.15) is 5.76 Å². The minimum atomic E-state index is -0.566. The Kier molecular flexibility index (Phi) is 8.54. The molecule has 1 aliphatic rings. The van der Waals surface area contributed by atoms with E-state index in [2.05, 4.69) is 15.6 Å². The lowest BCUT2D eigenvalue weighted by molar-refractivity contribution is 0.0732. The number of nitrogens with one attached hydrogen (secondary N) is 2. The van der Waals surface area contributed by atoms with Gasteiger partial charge in [-0.1, -0.05) is 6.42 Å². The summed E-state index contributed by atoms with van der Waals surface area (Å²) in [6, 6.07) is 3.30. The lowest BCUT2D eigenvalue weighted by Crippen LogP contribution is -2.46. The molecule has 0 saturated heterocycles. The van der Waals surface area contributed by atoms with E-state index in [1.54, 1.807) is 26.3 Å². The number of amides is 1. The van der Waals surface area contributed by atoms with Crippen LogP contribution in [0.3, 0.4) is 0 Å². The van der Waals surface area contributed by atoms with Gasteiger partial charge in [-0.2, -0.15) is 0 Å². The molecule has 0 atom stereocenters. The molecule has 1 fully saturated rings. The van der Waals surface area contributed by atoms with Gasteiger partial charge in [-0.05, 0) is 36.8 Å². The highest BCUT2D eigenvalue weighted by Gasteiger charge is 2.36. The number of guanidine groups is 1. The Morgan fingerprint density at radius 2 is 2.17 bits per heavy atom. The number of carbonyl (C=O) groups is 1. The first kappa shape index (κ1) is 20.8. The summed E-state index contributed by atoms with van der Waals surface area (Å²) in [7, 11) is 3.47. The molecular weight excluding hydrogens is 423 g/mol. The molecule has 0 unspecified atom stereocenters. The van der Waals surface area contributed by atoms with Crippen molar-refractivity contribution in [3.63, 3.8) is 0 Å². The van der Waals surface area contributed by atoms with Crippen molar-refractivity contribution in [2.45, 2.75) is 32.2 Å². The third-order valence-electron chi connectivity index (χ3n) is 4.44. The van der Waals surface area contributed by atoms with E-state index in [-0.39, 0.29) is 29.7 Å². The smallest absolute Gasteiger partial charge is 0.284 e. The number of methoxy groups -OCH3 is 1. The molecule has 24 heavy (non-hydrogen) atoms. The average Bonchev–Trinajstić information content (AvgIpc) is 2.98. The summed E-state index contributed by atoms with van der Waals surface area (Å²) in [6.45, 7) is 2.11. The minimum absolute atomic E-state index is 0. The Morgan fingerprint density at radius 1 is 1.42 bits per heavy atom. The van der Waals surface area contributed by atoms with Crippen LogP contribution < -0.4 is 16.4 Å². The number of nitrogens with zero attached hydrogens (tertiary/aromatic N) is 1. The Morgan fingerprint density at radius 3 is 2.67 bits per heavy atom. The van der Waals surface area contributed by atoms with Crippen LogP contribution in [0.5, 0.6) is 0 Å². The van der Waals surface area contributed by atoms with Crippen molar-refractivity contribution in [3.8, 4) is 0 Å². The Labute approximate surface area is 159 Å². The fraction of sp³-hybridized carbons (Fsp3) is 0.625. The van der Waals surface area contributed by atoms with Crippen LogP contribution in [0.25, 0.3) is 0 Å². The van der Waals surface area contributed by atoms with Crippen molar-refractivity contribution >= 4 is 35.8 Å². The number of nitrogens with two attached hydrogens (primary N) is 1. The lowest BCUT2D eigenvalue weighted by atomic mass is 9.67. The Bertz CT molecular complexity index is 555. The molecule has 1 aromatic heterocycles. The molecule has 1 heterocycles. The molecular formula is C16H27IN4O3. The van der Waals surface area contributed by atoms with Crippen molar-refractivity contribution < 1.29 is 13.9 Å². The topological polar surface area (TPSA) is 102 Å². The van der Waals surface area contributed by atoms with E-state index in [1.165, 1.54) is 19.3 Å². The van der Waals surface area contributed by atoms with Gasteiger partial charge in [-0.3, -0.25) is 9.79 Å². The lowest BCUT2D eigenvalue weighted by Gasteiger charge is -2.42. The third-order valence-corrected chi connectivity index (χ3v) is 4.44. The van der Waals surface area contributed by atoms with E-state index in [0.29, 0.717) is 23.7 Å². The minimum Gasteiger partial charge on any atom is -0.454 e. The van der Waals surface area contributed by atoms with E-state index in [9.17, 15) is 4.79 Å². The number of ether oxygens (including phenoxy) is 1. The Hall–Kier alpha value is -1.29. The number of carbonyl (C=O) groups excluding carboxylic acids is 1. The van der Waals surface area contributed by atoms with Crippen LogP contribution in [0.15, 0.2) is 21.5 Å².